The molecule has 2 N–H and O–H groups in total. The predicted molar refractivity (Wildman–Crippen MR) is 69.5 cm³/mol. The van der Waals surface area contributed by atoms with Crippen molar-refractivity contribution < 1.29 is 10.2 Å². The van der Waals surface area contributed by atoms with Crippen LogP contribution < -0.4 is 0 Å². The molecule has 0 spiro atoms. The van der Waals surface area contributed by atoms with E-state index in [-0.39, 0.29) is 0 Å². The monoisotopic (exact) mass is 222 g/mol. The fraction of sp³-hybridized carbons (Fsp3) is 0.429. The molecule has 0 aliphatic rings. The molecule has 0 aromatic rings. The molecule has 0 amide bonds. The maximum Gasteiger partial charge on any atom is 0.274 e. The van der Waals surface area contributed by atoms with Crippen LogP contribution in [0.2, 0.25) is 0 Å². The Morgan fingerprint density at radius 3 is 2.25 bits per heavy atom. The third kappa shape index (κ3) is 12.6. The van der Waals surface area contributed by atoms with Crippen LogP contribution in [0, 0.1) is 0 Å². The van der Waals surface area contributed by atoms with Gasteiger partial charge in [-0.15, -0.1) is 0 Å². The lowest BCUT2D eigenvalue weighted by Gasteiger charge is -1.92. The van der Waals surface area contributed by atoms with Crippen molar-refractivity contribution in [2.24, 2.45) is 0 Å². The van der Waals surface area contributed by atoms with Crippen LogP contribution in [0.5, 0.6) is 0 Å². The van der Waals surface area contributed by atoms with Crippen LogP contribution in [-0.2, 0) is 0 Å². The van der Waals surface area contributed by atoms with E-state index >= 15 is 0 Å². The lowest BCUT2D eigenvalue weighted by atomic mass is 10.1. The zero-order valence-corrected chi connectivity index (χ0v) is 9.97. The highest BCUT2D eigenvalue weighted by molar-refractivity contribution is 5.15. The van der Waals surface area contributed by atoms with Gasteiger partial charge in [0.05, 0.1) is 0 Å². The summed E-state index contributed by atoms with van der Waals surface area (Å²) in [6.07, 6.45) is 18.8. The van der Waals surface area contributed by atoms with Gasteiger partial charge in [-0.25, -0.2) is 0 Å². The quantitative estimate of drug-likeness (QED) is 0.358. The minimum atomic E-state index is -0.670. The van der Waals surface area contributed by atoms with Crippen LogP contribution in [0.25, 0.3) is 0 Å². The molecule has 0 aromatic heterocycles. The molecule has 0 aliphatic heterocycles. The van der Waals surface area contributed by atoms with Gasteiger partial charge < -0.3 is 10.2 Å². The maximum absolute atomic E-state index is 8.42. The van der Waals surface area contributed by atoms with Gasteiger partial charge in [0.25, 0.3) is 5.95 Å². The van der Waals surface area contributed by atoms with E-state index in [2.05, 4.69) is 13.0 Å². The summed E-state index contributed by atoms with van der Waals surface area (Å²) in [5.74, 6) is -0.670. The molecule has 0 rings (SSSR count). The van der Waals surface area contributed by atoms with Crippen LogP contribution >= 0.6 is 0 Å². The van der Waals surface area contributed by atoms with Gasteiger partial charge >= 0.3 is 0 Å². The number of unbranched alkanes of at least 4 members (excludes halogenated alkanes) is 4. The normalized spacial score (nSPS) is 11.8. The minimum Gasteiger partial charge on any atom is -0.481 e. The highest BCUT2D eigenvalue weighted by Crippen LogP contribution is 2.02. The van der Waals surface area contributed by atoms with Crippen molar-refractivity contribution in [3.05, 3.63) is 48.5 Å². The Morgan fingerprint density at radius 1 is 0.875 bits per heavy atom. The molecule has 0 atom stereocenters. The first-order chi connectivity index (χ1) is 7.77. The van der Waals surface area contributed by atoms with Gasteiger partial charge in [-0.05, 0) is 12.8 Å². The van der Waals surface area contributed by atoms with Crippen molar-refractivity contribution >= 4 is 0 Å². The zero-order valence-electron chi connectivity index (χ0n) is 9.97. The average Bonchev–Trinajstić information content (AvgIpc) is 2.25. The highest BCUT2D eigenvalue weighted by Gasteiger charge is 1.82. The Kier molecular flexibility index (Phi) is 10.6. The topological polar surface area (TPSA) is 40.5 Å². The molecule has 0 saturated carbocycles. The number of hydrogen-bond donors (Lipinski definition) is 2. The van der Waals surface area contributed by atoms with E-state index in [1.807, 2.05) is 18.2 Å². The molecule has 0 fully saturated rings. The van der Waals surface area contributed by atoms with Crippen molar-refractivity contribution in [3.63, 3.8) is 0 Å². The summed E-state index contributed by atoms with van der Waals surface area (Å²) in [5.41, 5.74) is 0. The highest BCUT2D eigenvalue weighted by atomic mass is 16.5. The van der Waals surface area contributed by atoms with Gasteiger partial charge in [-0.1, -0.05) is 62.6 Å². The molecule has 0 heterocycles. The number of rotatable bonds is 8. The van der Waals surface area contributed by atoms with Gasteiger partial charge in [-0.3, -0.25) is 0 Å². The molecule has 2 nitrogen and oxygen atoms in total. The summed E-state index contributed by atoms with van der Waals surface area (Å²) < 4.78 is 0. The number of allylic oxidation sites excluding steroid dienone is 7. The maximum atomic E-state index is 8.42. The van der Waals surface area contributed by atoms with E-state index in [4.69, 9.17) is 10.2 Å². The third-order valence-corrected chi connectivity index (χ3v) is 2.05. The van der Waals surface area contributed by atoms with Gasteiger partial charge in [0.2, 0.25) is 0 Å². The second-order valence-electron chi connectivity index (χ2n) is 3.57. The molecule has 0 aliphatic carbocycles. The molecular weight excluding hydrogens is 200 g/mol. The van der Waals surface area contributed by atoms with Crippen molar-refractivity contribution in [2.75, 3.05) is 0 Å². The molecule has 0 aromatic carbocycles. The van der Waals surface area contributed by atoms with Crippen molar-refractivity contribution in [2.45, 2.75) is 39.0 Å². The lowest BCUT2D eigenvalue weighted by Crippen LogP contribution is -1.72. The van der Waals surface area contributed by atoms with Crippen molar-refractivity contribution in [3.8, 4) is 0 Å². The minimum absolute atomic E-state index is 0.670. The molecule has 16 heavy (non-hydrogen) atoms. The summed E-state index contributed by atoms with van der Waals surface area (Å²) in [6.45, 7) is 2.21. The lowest BCUT2D eigenvalue weighted by molar-refractivity contribution is 0.191. The Balaban J connectivity index is 3.48. The average molecular weight is 222 g/mol. The second-order valence-corrected chi connectivity index (χ2v) is 3.57. The van der Waals surface area contributed by atoms with Crippen LogP contribution in [0.1, 0.15) is 39.0 Å². The first-order valence-corrected chi connectivity index (χ1v) is 5.85. The van der Waals surface area contributed by atoms with Crippen molar-refractivity contribution in [1.29, 1.82) is 0 Å². The molecular formula is C14H22O2. The SMILES string of the molecule is CCCCCCC=CC=CC=CC=C(O)O. The van der Waals surface area contributed by atoms with Crippen molar-refractivity contribution in [1.82, 2.24) is 0 Å². The Hall–Kier alpha value is -1.44. The number of hydrogen-bond acceptors (Lipinski definition) is 2. The Bertz CT molecular complexity index is 256. The fourth-order valence-corrected chi connectivity index (χ4v) is 1.20. The van der Waals surface area contributed by atoms with Gasteiger partial charge in [0.1, 0.15) is 0 Å². The predicted octanol–water partition coefficient (Wildman–Crippen LogP) is 4.58. The number of aliphatic hydroxyl groups excluding tert-OH is 1. The van der Waals surface area contributed by atoms with Crippen LogP contribution in [0.3, 0.4) is 0 Å². The van der Waals surface area contributed by atoms with E-state index in [1.165, 1.54) is 31.8 Å². The summed E-state index contributed by atoms with van der Waals surface area (Å²) >= 11 is 0. The van der Waals surface area contributed by atoms with Crippen LogP contribution in [-0.4, -0.2) is 10.2 Å². The summed E-state index contributed by atoms with van der Waals surface area (Å²) in [5, 5.41) is 16.8. The van der Waals surface area contributed by atoms with E-state index in [0.29, 0.717) is 0 Å². The standard InChI is InChI=1S/C14H22O2/c1-2-3-4-5-6-7-8-9-10-11-12-13-14(15)16/h7-13,15-16H,2-6H2,1H3. The van der Waals surface area contributed by atoms with Crippen LogP contribution in [0.4, 0.5) is 0 Å². The zero-order chi connectivity index (χ0) is 12.1. The van der Waals surface area contributed by atoms with E-state index in [9.17, 15) is 0 Å². The van der Waals surface area contributed by atoms with E-state index in [1.54, 1.807) is 12.2 Å². The smallest absolute Gasteiger partial charge is 0.274 e. The van der Waals surface area contributed by atoms with Crippen LogP contribution in [0.15, 0.2) is 48.5 Å². The Morgan fingerprint density at radius 2 is 1.56 bits per heavy atom. The third-order valence-electron chi connectivity index (χ3n) is 2.05. The molecule has 2 heteroatoms. The summed E-state index contributed by atoms with van der Waals surface area (Å²) in [4.78, 5) is 0. The molecule has 0 bridgehead atoms. The molecule has 90 valence electrons. The molecule has 0 saturated heterocycles. The molecule has 0 unspecified atom stereocenters. The largest absolute Gasteiger partial charge is 0.481 e. The second kappa shape index (κ2) is 11.6. The Labute approximate surface area is 98.3 Å². The summed E-state index contributed by atoms with van der Waals surface area (Å²) in [6, 6.07) is 0. The van der Waals surface area contributed by atoms with Gasteiger partial charge in [0, 0.05) is 6.08 Å². The first-order valence-electron chi connectivity index (χ1n) is 5.85. The van der Waals surface area contributed by atoms with Gasteiger partial charge in [-0.2, -0.15) is 0 Å². The first kappa shape index (κ1) is 14.6. The van der Waals surface area contributed by atoms with E-state index < -0.39 is 5.95 Å². The number of aliphatic hydroxyl groups is 2. The summed E-state index contributed by atoms with van der Waals surface area (Å²) in [7, 11) is 0. The van der Waals surface area contributed by atoms with E-state index in [0.717, 1.165) is 6.42 Å². The fourth-order valence-electron chi connectivity index (χ4n) is 1.20. The molecule has 0 radical (unpaired) electrons. The van der Waals surface area contributed by atoms with Gasteiger partial charge in [0.15, 0.2) is 0 Å².